The fourth-order valence-corrected chi connectivity index (χ4v) is 3.36. The first-order valence-corrected chi connectivity index (χ1v) is 9.79. The van der Waals surface area contributed by atoms with E-state index < -0.39 is 0 Å². The number of nitriles is 1. The van der Waals surface area contributed by atoms with Crippen LogP contribution in [0.15, 0.2) is 91.3 Å². The molecule has 0 saturated heterocycles. The summed E-state index contributed by atoms with van der Waals surface area (Å²) in [7, 11) is 0. The topological polar surface area (TPSA) is 65.7 Å². The summed E-state index contributed by atoms with van der Waals surface area (Å²) < 4.78 is 0. The van der Waals surface area contributed by atoms with E-state index in [0.717, 1.165) is 28.3 Å². The van der Waals surface area contributed by atoms with Crippen molar-refractivity contribution in [3.63, 3.8) is 0 Å². The van der Waals surface area contributed by atoms with E-state index in [-0.39, 0.29) is 0 Å². The van der Waals surface area contributed by atoms with Crippen LogP contribution in [-0.4, -0.2) is 19.9 Å². The van der Waals surface area contributed by atoms with Crippen LogP contribution < -0.4 is 0 Å². The third-order valence-corrected chi connectivity index (χ3v) is 4.74. The molecule has 146 valence electrons. The third kappa shape index (κ3) is 4.93. The van der Waals surface area contributed by atoms with Crippen molar-refractivity contribution in [2.45, 2.75) is 19.6 Å². The molecule has 0 aliphatic rings. The SMILES string of the molecule is N#Cc1ccccc1-c1cccc(CN(Cc2ccccn2)Cc2ccccn2)n1. The van der Waals surface area contributed by atoms with Gasteiger partial charge in [0.15, 0.2) is 0 Å². The minimum atomic E-state index is 0.626. The molecule has 4 rings (SSSR count). The maximum atomic E-state index is 9.42. The lowest BCUT2D eigenvalue weighted by molar-refractivity contribution is 0.239. The zero-order valence-electron chi connectivity index (χ0n) is 16.5. The first kappa shape index (κ1) is 19.4. The molecule has 0 amide bonds. The summed E-state index contributed by atoms with van der Waals surface area (Å²) in [6.45, 7) is 2.03. The van der Waals surface area contributed by atoms with Crippen LogP contribution in [0.3, 0.4) is 0 Å². The zero-order valence-corrected chi connectivity index (χ0v) is 16.5. The van der Waals surface area contributed by atoms with E-state index in [4.69, 9.17) is 4.98 Å². The molecule has 3 aromatic heterocycles. The molecule has 0 aliphatic carbocycles. The van der Waals surface area contributed by atoms with Gasteiger partial charge in [0.2, 0.25) is 0 Å². The summed E-state index contributed by atoms with van der Waals surface area (Å²) >= 11 is 0. The van der Waals surface area contributed by atoms with Gasteiger partial charge in [-0.3, -0.25) is 19.9 Å². The fraction of sp³-hybridized carbons (Fsp3) is 0.120. The van der Waals surface area contributed by atoms with Crippen molar-refractivity contribution in [1.82, 2.24) is 19.9 Å². The molecular weight excluding hydrogens is 370 g/mol. The molecule has 0 unspecified atom stereocenters. The van der Waals surface area contributed by atoms with Crippen LogP contribution in [-0.2, 0) is 19.6 Å². The molecule has 0 radical (unpaired) electrons. The second-order valence-electron chi connectivity index (χ2n) is 6.96. The molecule has 4 aromatic rings. The van der Waals surface area contributed by atoms with Gasteiger partial charge < -0.3 is 0 Å². The van der Waals surface area contributed by atoms with Gasteiger partial charge in [-0.25, -0.2) is 0 Å². The Morgan fingerprint density at radius 3 is 1.90 bits per heavy atom. The normalized spacial score (nSPS) is 10.7. The molecule has 5 heteroatoms. The Hall–Kier alpha value is -3.88. The largest absolute Gasteiger partial charge is 0.286 e. The van der Waals surface area contributed by atoms with E-state index in [9.17, 15) is 5.26 Å². The average molecular weight is 391 g/mol. The summed E-state index contributed by atoms with van der Waals surface area (Å²) in [5.41, 5.74) is 5.22. The van der Waals surface area contributed by atoms with Crippen LogP contribution in [0.5, 0.6) is 0 Å². The van der Waals surface area contributed by atoms with E-state index in [0.29, 0.717) is 25.2 Å². The van der Waals surface area contributed by atoms with Crippen LogP contribution in [0.2, 0.25) is 0 Å². The lowest BCUT2D eigenvalue weighted by Crippen LogP contribution is -2.24. The second kappa shape index (κ2) is 9.55. The molecule has 0 spiro atoms. The molecule has 3 heterocycles. The molecule has 0 aliphatic heterocycles. The fourth-order valence-electron chi connectivity index (χ4n) is 3.36. The van der Waals surface area contributed by atoms with E-state index in [1.807, 2.05) is 91.3 Å². The molecule has 1 aromatic carbocycles. The van der Waals surface area contributed by atoms with Gasteiger partial charge in [-0.05, 0) is 42.5 Å². The van der Waals surface area contributed by atoms with Crippen molar-refractivity contribution in [3.8, 4) is 17.3 Å². The average Bonchev–Trinajstić information content (AvgIpc) is 2.80. The monoisotopic (exact) mass is 391 g/mol. The van der Waals surface area contributed by atoms with Crippen molar-refractivity contribution in [2.24, 2.45) is 0 Å². The lowest BCUT2D eigenvalue weighted by atomic mass is 10.0. The molecule has 5 nitrogen and oxygen atoms in total. The van der Waals surface area contributed by atoms with E-state index in [2.05, 4.69) is 20.9 Å². The van der Waals surface area contributed by atoms with Crippen molar-refractivity contribution in [3.05, 3.63) is 114 Å². The summed E-state index contributed by atoms with van der Waals surface area (Å²) in [5, 5.41) is 9.42. The Bertz CT molecular complexity index is 1100. The number of nitrogens with zero attached hydrogens (tertiary/aromatic N) is 5. The smallest absolute Gasteiger partial charge is 0.0998 e. The molecule has 0 atom stereocenters. The first-order chi connectivity index (χ1) is 14.8. The summed E-state index contributed by atoms with van der Waals surface area (Å²) in [5.74, 6) is 0. The van der Waals surface area contributed by atoms with Crippen molar-refractivity contribution in [1.29, 1.82) is 5.26 Å². The predicted octanol–water partition coefficient (Wildman–Crippen LogP) is 4.61. The highest BCUT2D eigenvalue weighted by Crippen LogP contribution is 2.22. The lowest BCUT2D eigenvalue weighted by Gasteiger charge is -2.21. The van der Waals surface area contributed by atoms with Crippen LogP contribution >= 0.6 is 0 Å². The van der Waals surface area contributed by atoms with Gasteiger partial charge in [-0.1, -0.05) is 36.4 Å². The van der Waals surface area contributed by atoms with Gasteiger partial charge in [-0.15, -0.1) is 0 Å². The maximum absolute atomic E-state index is 9.42. The summed E-state index contributed by atoms with van der Waals surface area (Å²) in [4.78, 5) is 16.1. The second-order valence-corrected chi connectivity index (χ2v) is 6.96. The number of benzene rings is 1. The predicted molar refractivity (Wildman–Crippen MR) is 116 cm³/mol. The van der Waals surface area contributed by atoms with Crippen molar-refractivity contribution in [2.75, 3.05) is 0 Å². The highest BCUT2D eigenvalue weighted by Gasteiger charge is 2.12. The van der Waals surface area contributed by atoms with Gasteiger partial charge in [0.05, 0.1) is 34.4 Å². The van der Waals surface area contributed by atoms with E-state index in [1.54, 1.807) is 0 Å². The Morgan fingerprint density at radius 1 is 0.667 bits per heavy atom. The van der Waals surface area contributed by atoms with Gasteiger partial charge in [0, 0.05) is 37.6 Å². The maximum Gasteiger partial charge on any atom is 0.0998 e. The van der Waals surface area contributed by atoms with E-state index >= 15 is 0 Å². The Labute approximate surface area is 176 Å². The number of rotatable bonds is 7. The number of aromatic nitrogens is 3. The number of pyridine rings is 3. The van der Waals surface area contributed by atoms with Crippen LogP contribution in [0.4, 0.5) is 0 Å². The minimum Gasteiger partial charge on any atom is -0.286 e. The van der Waals surface area contributed by atoms with Crippen molar-refractivity contribution < 1.29 is 0 Å². The summed E-state index contributed by atoms with van der Waals surface area (Å²) in [6.07, 6.45) is 3.62. The molecule has 0 fully saturated rings. The Morgan fingerprint density at radius 2 is 1.27 bits per heavy atom. The molecule has 0 bridgehead atoms. The summed E-state index contributed by atoms with van der Waals surface area (Å²) in [6, 6.07) is 27.6. The van der Waals surface area contributed by atoms with Crippen LogP contribution in [0.1, 0.15) is 22.6 Å². The number of hydrogen-bond donors (Lipinski definition) is 0. The highest BCUT2D eigenvalue weighted by atomic mass is 15.1. The van der Waals surface area contributed by atoms with E-state index in [1.165, 1.54) is 0 Å². The van der Waals surface area contributed by atoms with Gasteiger partial charge in [-0.2, -0.15) is 5.26 Å². The van der Waals surface area contributed by atoms with Gasteiger partial charge >= 0.3 is 0 Å². The third-order valence-electron chi connectivity index (χ3n) is 4.74. The van der Waals surface area contributed by atoms with Gasteiger partial charge in [0.25, 0.3) is 0 Å². The van der Waals surface area contributed by atoms with Crippen LogP contribution in [0, 0.1) is 11.3 Å². The van der Waals surface area contributed by atoms with Gasteiger partial charge in [0.1, 0.15) is 0 Å². The zero-order chi connectivity index (χ0) is 20.6. The Balaban J connectivity index is 1.60. The minimum absolute atomic E-state index is 0.626. The van der Waals surface area contributed by atoms with Crippen LogP contribution in [0.25, 0.3) is 11.3 Å². The molecule has 30 heavy (non-hydrogen) atoms. The quantitative estimate of drug-likeness (QED) is 0.460. The standard InChI is InChI=1S/C25H21N5/c26-16-20-8-1-2-12-24(20)25-13-7-11-23(29-25)19-30(17-21-9-3-5-14-27-21)18-22-10-4-6-15-28-22/h1-15H,17-19H2. The molecule has 0 saturated carbocycles. The highest BCUT2D eigenvalue weighted by molar-refractivity contribution is 5.67. The van der Waals surface area contributed by atoms with Crippen molar-refractivity contribution >= 4 is 0 Å². The first-order valence-electron chi connectivity index (χ1n) is 9.79. The molecule has 0 N–H and O–H groups in total. The molecular formula is C25H21N5. The Kier molecular flexibility index (Phi) is 6.19. The number of hydrogen-bond acceptors (Lipinski definition) is 5.